The van der Waals surface area contributed by atoms with Crippen LogP contribution in [0.15, 0.2) is 12.7 Å². The van der Waals surface area contributed by atoms with E-state index < -0.39 is 21.7 Å². The van der Waals surface area contributed by atoms with Crippen LogP contribution in [0, 0.1) is 0 Å². The first-order valence-electron chi connectivity index (χ1n) is 2.02. The molecule has 0 aliphatic carbocycles. The molecule has 9 heteroatoms. The summed E-state index contributed by atoms with van der Waals surface area (Å²) in [6, 6.07) is 0. The predicted octanol–water partition coefficient (Wildman–Crippen LogP) is 1.79. The Balaban J connectivity index is 0. The molecule has 0 unspecified atom stereocenters. The standard InChI is InChI=1S/C2H2F2.CHF3O3S/c1-2(3)4;2-1(3,4)8(5,6)7/h1H2;(H,5,6,7). The van der Waals surface area contributed by atoms with Crippen molar-refractivity contribution in [1.29, 1.82) is 0 Å². The van der Waals surface area contributed by atoms with E-state index in [1.807, 2.05) is 0 Å². The van der Waals surface area contributed by atoms with Crippen molar-refractivity contribution in [2.45, 2.75) is 5.51 Å². The highest BCUT2D eigenvalue weighted by molar-refractivity contribution is 7.86. The largest absolute Gasteiger partial charge is 0.522 e. The maximum absolute atomic E-state index is 10.7. The number of hydrogen-bond donors (Lipinski definition) is 1. The van der Waals surface area contributed by atoms with Gasteiger partial charge in [0.25, 0.3) is 6.08 Å². The van der Waals surface area contributed by atoms with Gasteiger partial charge in [-0.1, -0.05) is 0 Å². The summed E-state index contributed by atoms with van der Waals surface area (Å²) >= 11 is 0. The van der Waals surface area contributed by atoms with Gasteiger partial charge in [-0.15, -0.1) is 0 Å². The van der Waals surface area contributed by atoms with Crippen LogP contribution in [0.2, 0.25) is 0 Å². The lowest BCUT2D eigenvalue weighted by Crippen LogP contribution is -2.21. The minimum atomic E-state index is -5.84. The van der Waals surface area contributed by atoms with E-state index in [-0.39, 0.29) is 0 Å². The molecule has 12 heavy (non-hydrogen) atoms. The first kappa shape index (κ1) is 13.9. The third-order valence-corrected chi connectivity index (χ3v) is 0.877. The highest BCUT2D eigenvalue weighted by atomic mass is 32.2. The van der Waals surface area contributed by atoms with Crippen LogP contribution in [0.5, 0.6) is 0 Å². The molecule has 0 atom stereocenters. The fourth-order valence-corrected chi connectivity index (χ4v) is 0. The van der Waals surface area contributed by atoms with Gasteiger partial charge in [0.15, 0.2) is 0 Å². The zero-order valence-electron chi connectivity index (χ0n) is 5.27. The number of alkyl halides is 3. The van der Waals surface area contributed by atoms with E-state index >= 15 is 0 Å². The molecular weight excluding hydrogens is 211 g/mol. The summed E-state index contributed by atoms with van der Waals surface area (Å²) in [6.45, 7) is 2.22. The highest BCUT2D eigenvalue weighted by Gasteiger charge is 2.44. The maximum atomic E-state index is 10.7. The molecule has 1 N–H and O–H groups in total. The van der Waals surface area contributed by atoms with Gasteiger partial charge in [0.05, 0.1) is 0 Å². The lowest BCUT2D eigenvalue weighted by molar-refractivity contribution is -0.0510. The van der Waals surface area contributed by atoms with E-state index in [9.17, 15) is 22.0 Å². The monoisotopic (exact) mass is 214 g/mol. The number of hydrogen-bond acceptors (Lipinski definition) is 2. The van der Waals surface area contributed by atoms with Gasteiger partial charge in [0.1, 0.15) is 0 Å². The summed E-state index contributed by atoms with van der Waals surface area (Å²) in [7, 11) is -5.84. The minimum Gasteiger partial charge on any atom is -0.279 e. The van der Waals surface area contributed by atoms with Crippen molar-refractivity contribution in [2.24, 2.45) is 0 Å². The molecule has 0 heterocycles. The Kier molecular flexibility index (Phi) is 5.03. The van der Waals surface area contributed by atoms with E-state index in [0.29, 0.717) is 0 Å². The molecule has 0 saturated carbocycles. The molecule has 0 fully saturated rings. The van der Waals surface area contributed by atoms with Gasteiger partial charge in [-0.05, 0) is 6.58 Å². The van der Waals surface area contributed by atoms with Crippen LogP contribution >= 0.6 is 0 Å². The normalized spacial score (nSPS) is 11.5. The van der Waals surface area contributed by atoms with Gasteiger partial charge >= 0.3 is 15.6 Å². The van der Waals surface area contributed by atoms with Crippen molar-refractivity contribution in [3.8, 4) is 0 Å². The first-order chi connectivity index (χ1) is 4.98. The smallest absolute Gasteiger partial charge is 0.279 e. The van der Waals surface area contributed by atoms with Crippen LogP contribution in [0.25, 0.3) is 0 Å². The Bertz CT molecular complexity index is 235. The zero-order chi connectivity index (χ0) is 10.6. The van der Waals surface area contributed by atoms with Crippen LogP contribution < -0.4 is 0 Å². The third-order valence-electron chi connectivity index (χ3n) is 0.292. The molecule has 0 bridgehead atoms. The Morgan fingerprint density at radius 3 is 1.33 bits per heavy atom. The molecule has 0 aromatic rings. The fourth-order valence-electron chi connectivity index (χ4n) is 0. The Labute approximate surface area is 64.2 Å². The lowest BCUT2D eigenvalue weighted by atomic mass is 11.2. The number of rotatable bonds is 0. The van der Waals surface area contributed by atoms with Crippen LogP contribution in [0.1, 0.15) is 0 Å². The summed E-state index contributed by atoms with van der Waals surface area (Å²) in [5.74, 6) is 0. The second-order valence-electron chi connectivity index (χ2n) is 1.26. The molecule has 3 nitrogen and oxygen atoms in total. The minimum absolute atomic E-state index is 1.83. The molecule has 0 aromatic heterocycles. The second kappa shape index (κ2) is 4.36. The summed E-state index contributed by atoms with van der Waals surface area (Å²) in [5.41, 5.74) is -5.53. The van der Waals surface area contributed by atoms with Gasteiger partial charge < -0.3 is 0 Å². The molecule has 0 radical (unpaired) electrons. The molecule has 0 aliphatic rings. The zero-order valence-corrected chi connectivity index (χ0v) is 6.09. The van der Waals surface area contributed by atoms with E-state index in [2.05, 4.69) is 6.58 Å². The SMILES string of the molecule is C=C(F)F.O=S(=O)(O)C(F)(F)F. The Morgan fingerprint density at radius 1 is 1.25 bits per heavy atom. The van der Waals surface area contributed by atoms with Crippen molar-refractivity contribution in [1.82, 2.24) is 0 Å². The van der Waals surface area contributed by atoms with E-state index in [1.54, 1.807) is 0 Å². The van der Waals surface area contributed by atoms with Gasteiger partial charge in [-0.3, -0.25) is 4.55 Å². The molecule has 0 amide bonds. The summed E-state index contributed by atoms with van der Waals surface area (Å²) in [6.07, 6.45) is -1.83. The molecule has 0 spiro atoms. The maximum Gasteiger partial charge on any atom is 0.522 e. The number of halogens is 5. The summed E-state index contributed by atoms with van der Waals surface area (Å²) < 4.78 is 77.8. The highest BCUT2D eigenvalue weighted by Crippen LogP contribution is 2.20. The van der Waals surface area contributed by atoms with Crippen molar-refractivity contribution >= 4 is 10.1 Å². The topological polar surface area (TPSA) is 54.4 Å². The van der Waals surface area contributed by atoms with Gasteiger partial charge in [-0.25, -0.2) is 0 Å². The quantitative estimate of drug-likeness (QED) is 0.380. The van der Waals surface area contributed by atoms with E-state index in [4.69, 9.17) is 13.0 Å². The van der Waals surface area contributed by atoms with Crippen molar-refractivity contribution in [2.75, 3.05) is 0 Å². The average molecular weight is 214 g/mol. The Morgan fingerprint density at radius 2 is 1.33 bits per heavy atom. The average Bonchev–Trinajstić information content (AvgIpc) is 1.55. The molecule has 0 saturated heterocycles. The van der Waals surface area contributed by atoms with E-state index in [1.165, 1.54) is 0 Å². The van der Waals surface area contributed by atoms with Crippen molar-refractivity contribution in [3.05, 3.63) is 12.7 Å². The second-order valence-corrected chi connectivity index (χ2v) is 2.67. The molecule has 0 aliphatic heterocycles. The third kappa shape index (κ3) is 9.30. The van der Waals surface area contributed by atoms with Crippen molar-refractivity contribution in [3.63, 3.8) is 0 Å². The van der Waals surface area contributed by atoms with Gasteiger partial charge in [-0.2, -0.15) is 30.4 Å². The van der Waals surface area contributed by atoms with Crippen LogP contribution in [0.3, 0.4) is 0 Å². The molecule has 0 rings (SSSR count). The predicted molar refractivity (Wildman–Crippen MR) is 29.0 cm³/mol. The molecule has 74 valence electrons. The van der Waals surface area contributed by atoms with Crippen molar-refractivity contribution < 1.29 is 34.9 Å². The summed E-state index contributed by atoms with van der Waals surface area (Å²) in [4.78, 5) is 0. The Hall–Kier alpha value is -0.700. The molecular formula is C3H3F5O3S. The van der Waals surface area contributed by atoms with Gasteiger partial charge in [0.2, 0.25) is 0 Å². The summed E-state index contributed by atoms with van der Waals surface area (Å²) in [5, 5.41) is 0. The van der Waals surface area contributed by atoms with Crippen LogP contribution in [0.4, 0.5) is 22.0 Å². The van der Waals surface area contributed by atoms with Crippen LogP contribution in [-0.4, -0.2) is 18.5 Å². The van der Waals surface area contributed by atoms with E-state index in [0.717, 1.165) is 0 Å². The lowest BCUT2D eigenvalue weighted by Gasteiger charge is -1.97. The van der Waals surface area contributed by atoms with Crippen LogP contribution in [-0.2, 0) is 10.1 Å². The fraction of sp³-hybridized carbons (Fsp3) is 0.333. The van der Waals surface area contributed by atoms with Gasteiger partial charge in [0, 0.05) is 0 Å². The molecule has 0 aromatic carbocycles. The first-order valence-corrected chi connectivity index (χ1v) is 3.46.